The standard InChI is InChI=1S/C13H17N3O3S/c1-14-20(18,19)8-7-15-11-9-13(17)16(2)12-6-4-3-5-10(11)12/h3-6,9,14-15H,7-8H2,1-2H3. The highest BCUT2D eigenvalue weighted by Crippen LogP contribution is 2.20. The van der Waals surface area contributed by atoms with E-state index in [9.17, 15) is 13.2 Å². The second-order valence-corrected chi connectivity index (χ2v) is 6.47. The van der Waals surface area contributed by atoms with Crippen LogP contribution in [0.1, 0.15) is 0 Å². The molecule has 0 unspecified atom stereocenters. The summed E-state index contributed by atoms with van der Waals surface area (Å²) in [5.74, 6) is -0.0486. The molecule has 0 radical (unpaired) electrons. The van der Waals surface area contributed by atoms with Crippen LogP contribution in [0, 0.1) is 0 Å². The summed E-state index contributed by atoms with van der Waals surface area (Å²) in [6.07, 6.45) is 0. The van der Waals surface area contributed by atoms with Crippen LogP contribution in [-0.4, -0.2) is 32.3 Å². The Balaban J connectivity index is 2.31. The number of aromatic nitrogens is 1. The van der Waals surface area contributed by atoms with Crippen molar-refractivity contribution in [1.29, 1.82) is 0 Å². The second kappa shape index (κ2) is 5.64. The van der Waals surface area contributed by atoms with E-state index in [2.05, 4.69) is 10.0 Å². The fourth-order valence-corrected chi connectivity index (χ4v) is 2.55. The predicted octanol–water partition coefficient (Wildman–Crippen LogP) is 0.500. The minimum absolute atomic E-state index is 0.0486. The highest BCUT2D eigenvalue weighted by Gasteiger charge is 2.08. The Morgan fingerprint density at radius 3 is 2.65 bits per heavy atom. The van der Waals surface area contributed by atoms with Crippen molar-refractivity contribution in [2.75, 3.05) is 24.7 Å². The largest absolute Gasteiger partial charge is 0.383 e. The van der Waals surface area contributed by atoms with E-state index >= 15 is 0 Å². The minimum Gasteiger partial charge on any atom is -0.383 e. The van der Waals surface area contributed by atoms with Crippen LogP contribution in [0.25, 0.3) is 10.9 Å². The number of hydrogen-bond acceptors (Lipinski definition) is 4. The van der Waals surface area contributed by atoms with E-state index in [0.717, 1.165) is 10.9 Å². The maximum absolute atomic E-state index is 11.9. The van der Waals surface area contributed by atoms with Gasteiger partial charge in [0.15, 0.2) is 0 Å². The Labute approximate surface area is 117 Å². The molecule has 0 fully saturated rings. The van der Waals surface area contributed by atoms with Crippen molar-refractivity contribution in [1.82, 2.24) is 9.29 Å². The molecule has 1 aromatic heterocycles. The van der Waals surface area contributed by atoms with Crippen molar-refractivity contribution in [3.8, 4) is 0 Å². The third-order valence-electron chi connectivity index (χ3n) is 3.15. The normalized spacial score (nSPS) is 11.7. The summed E-state index contributed by atoms with van der Waals surface area (Å²) in [6.45, 7) is 0.236. The van der Waals surface area contributed by atoms with Gasteiger partial charge in [0.2, 0.25) is 10.0 Å². The first-order valence-electron chi connectivity index (χ1n) is 6.18. The monoisotopic (exact) mass is 295 g/mol. The average Bonchev–Trinajstić information content (AvgIpc) is 2.44. The number of aryl methyl sites for hydroxylation is 1. The molecule has 0 atom stereocenters. The highest BCUT2D eigenvalue weighted by atomic mass is 32.2. The maximum atomic E-state index is 11.9. The number of nitrogens with one attached hydrogen (secondary N) is 2. The van der Waals surface area contributed by atoms with Gasteiger partial charge in [-0.1, -0.05) is 18.2 Å². The van der Waals surface area contributed by atoms with Crippen LogP contribution in [0.4, 0.5) is 5.69 Å². The molecular weight excluding hydrogens is 278 g/mol. The fraction of sp³-hybridized carbons (Fsp3) is 0.308. The van der Waals surface area contributed by atoms with Gasteiger partial charge in [0.05, 0.1) is 11.3 Å². The van der Waals surface area contributed by atoms with Gasteiger partial charge in [-0.25, -0.2) is 13.1 Å². The Bertz CT molecular complexity index is 781. The molecule has 0 saturated carbocycles. The van der Waals surface area contributed by atoms with Crippen molar-refractivity contribution < 1.29 is 8.42 Å². The number of nitrogens with zero attached hydrogens (tertiary/aromatic N) is 1. The zero-order valence-corrected chi connectivity index (χ0v) is 12.2. The van der Waals surface area contributed by atoms with Crippen LogP contribution >= 0.6 is 0 Å². The van der Waals surface area contributed by atoms with E-state index in [0.29, 0.717) is 5.69 Å². The van der Waals surface area contributed by atoms with E-state index in [1.54, 1.807) is 11.6 Å². The minimum atomic E-state index is -3.26. The first-order chi connectivity index (χ1) is 9.44. The Morgan fingerprint density at radius 2 is 1.95 bits per heavy atom. The van der Waals surface area contributed by atoms with Gasteiger partial charge in [-0.3, -0.25) is 4.79 Å². The molecule has 20 heavy (non-hydrogen) atoms. The van der Waals surface area contributed by atoms with Gasteiger partial charge in [-0.2, -0.15) is 0 Å². The molecule has 0 amide bonds. The molecule has 0 bridgehead atoms. The highest BCUT2D eigenvalue weighted by molar-refractivity contribution is 7.89. The SMILES string of the molecule is CNS(=O)(=O)CCNc1cc(=O)n(C)c2ccccc12. The number of fused-ring (bicyclic) bond motifs is 1. The van der Waals surface area contributed by atoms with Gasteiger partial charge in [0.25, 0.3) is 5.56 Å². The first-order valence-corrected chi connectivity index (χ1v) is 7.84. The summed E-state index contributed by atoms with van der Waals surface area (Å²) in [6, 6.07) is 8.96. The van der Waals surface area contributed by atoms with Crippen molar-refractivity contribution in [2.45, 2.75) is 0 Å². The van der Waals surface area contributed by atoms with E-state index in [1.807, 2.05) is 24.3 Å². The smallest absolute Gasteiger partial charge is 0.252 e. The second-order valence-electron chi connectivity index (χ2n) is 4.42. The van der Waals surface area contributed by atoms with Crippen LogP contribution in [0.3, 0.4) is 0 Å². The molecule has 0 saturated heterocycles. The number of pyridine rings is 1. The number of sulfonamides is 1. The van der Waals surface area contributed by atoms with Crippen molar-refractivity contribution >= 4 is 26.6 Å². The lowest BCUT2D eigenvalue weighted by Crippen LogP contribution is -2.26. The van der Waals surface area contributed by atoms with E-state index in [4.69, 9.17) is 0 Å². The molecular formula is C13H17N3O3S. The molecule has 2 N–H and O–H groups in total. The number of rotatable bonds is 5. The lowest BCUT2D eigenvalue weighted by Gasteiger charge is -2.12. The summed E-state index contributed by atoms with van der Waals surface area (Å²) in [7, 11) is -0.171. The molecule has 0 spiro atoms. The maximum Gasteiger partial charge on any atom is 0.252 e. The molecule has 1 heterocycles. The number of para-hydroxylation sites is 1. The lowest BCUT2D eigenvalue weighted by atomic mass is 10.2. The number of anilines is 1. The quantitative estimate of drug-likeness (QED) is 0.842. The van der Waals surface area contributed by atoms with Gasteiger partial charge in [0.1, 0.15) is 0 Å². The summed E-state index contributed by atoms with van der Waals surface area (Å²) in [5, 5.41) is 3.90. The van der Waals surface area contributed by atoms with Gasteiger partial charge in [0, 0.05) is 30.7 Å². The Morgan fingerprint density at radius 1 is 1.25 bits per heavy atom. The molecule has 0 aliphatic heterocycles. The van der Waals surface area contributed by atoms with Gasteiger partial charge >= 0.3 is 0 Å². The first kappa shape index (κ1) is 14.5. The topological polar surface area (TPSA) is 80.2 Å². The lowest BCUT2D eigenvalue weighted by molar-refractivity contribution is 0.588. The molecule has 2 aromatic rings. The Kier molecular flexibility index (Phi) is 4.10. The molecule has 0 aliphatic carbocycles. The predicted molar refractivity (Wildman–Crippen MR) is 80.5 cm³/mol. The van der Waals surface area contributed by atoms with Crippen LogP contribution < -0.4 is 15.6 Å². The third kappa shape index (κ3) is 3.00. The van der Waals surface area contributed by atoms with Crippen molar-refractivity contribution in [2.24, 2.45) is 7.05 Å². The summed E-state index contributed by atoms with van der Waals surface area (Å²) in [4.78, 5) is 11.9. The molecule has 2 rings (SSSR count). The van der Waals surface area contributed by atoms with Crippen LogP contribution in [0.5, 0.6) is 0 Å². The Hall–Kier alpha value is -1.86. The number of hydrogen-bond donors (Lipinski definition) is 2. The summed E-state index contributed by atoms with van der Waals surface area (Å²) < 4.78 is 26.5. The van der Waals surface area contributed by atoms with E-state index < -0.39 is 10.0 Å². The van der Waals surface area contributed by atoms with E-state index in [-0.39, 0.29) is 17.9 Å². The number of benzene rings is 1. The molecule has 7 heteroatoms. The van der Waals surface area contributed by atoms with Crippen molar-refractivity contribution in [3.63, 3.8) is 0 Å². The summed E-state index contributed by atoms with van der Waals surface area (Å²) >= 11 is 0. The summed E-state index contributed by atoms with van der Waals surface area (Å²) in [5.41, 5.74) is 1.32. The van der Waals surface area contributed by atoms with Crippen LogP contribution in [0.15, 0.2) is 35.1 Å². The zero-order chi connectivity index (χ0) is 14.8. The average molecular weight is 295 g/mol. The molecule has 6 nitrogen and oxygen atoms in total. The van der Waals surface area contributed by atoms with E-state index in [1.165, 1.54) is 13.1 Å². The third-order valence-corrected chi connectivity index (χ3v) is 4.51. The van der Waals surface area contributed by atoms with Gasteiger partial charge in [-0.05, 0) is 13.1 Å². The van der Waals surface area contributed by atoms with Crippen LogP contribution in [0.2, 0.25) is 0 Å². The molecule has 0 aliphatic rings. The van der Waals surface area contributed by atoms with Gasteiger partial charge in [-0.15, -0.1) is 0 Å². The van der Waals surface area contributed by atoms with Crippen molar-refractivity contribution in [3.05, 3.63) is 40.7 Å². The molecule has 108 valence electrons. The molecule has 1 aromatic carbocycles. The fourth-order valence-electron chi connectivity index (χ4n) is 1.98. The zero-order valence-electron chi connectivity index (χ0n) is 11.4. The van der Waals surface area contributed by atoms with Crippen LogP contribution in [-0.2, 0) is 17.1 Å². The van der Waals surface area contributed by atoms with Gasteiger partial charge < -0.3 is 9.88 Å².